The fourth-order valence-corrected chi connectivity index (χ4v) is 3.97. The Bertz CT molecular complexity index is 1150. The minimum atomic E-state index is 0.0976. The van der Waals surface area contributed by atoms with Gasteiger partial charge in [0.05, 0.1) is 24.8 Å². The van der Waals surface area contributed by atoms with Gasteiger partial charge in [-0.3, -0.25) is 9.78 Å². The molecule has 0 spiro atoms. The molecule has 1 amide bonds. The predicted octanol–water partition coefficient (Wildman–Crippen LogP) is 4.41. The van der Waals surface area contributed by atoms with Crippen LogP contribution in [0.1, 0.15) is 40.9 Å². The van der Waals surface area contributed by atoms with Gasteiger partial charge in [-0.05, 0) is 68.5 Å². The first-order valence-corrected chi connectivity index (χ1v) is 10.6. The quantitative estimate of drug-likeness (QED) is 0.578. The molecule has 4 rings (SSSR count). The Kier molecular flexibility index (Phi) is 5.89. The molecule has 0 bridgehead atoms. The molecule has 1 aromatic carbocycles. The maximum atomic E-state index is 13.2. The zero-order valence-corrected chi connectivity index (χ0v) is 18.6. The van der Waals surface area contributed by atoms with Crippen molar-refractivity contribution in [3.05, 3.63) is 76.6 Å². The largest absolute Gasteiger partial charge is 0.495 e. The number of amides is 1. The van der Waals surface area contributed by atoms with Crippen LogP contribution in [0, 0.1) is 20.8 Å². The molecule has 3 aromatic rings. The van der Waals surface area contributed by atoms with Gasteiger partial charge in [0, 0.05) is 36.8 Å². The molecule has 6 nitrogen and oxygen atoms in total. The first-order valence-electron chi connectivity index (χ1n) is 10.6. The Hall–Kier alpha value is -3.41. The van der Waals surface area contributed by atoms with Gasteiger partial charge in [0.2, 0.25) is 5.91 Å². The number of nitrogens with zero attached hydrogens (tertiary/aromatic N) is 4. The van der Waals surface area contributed by atoms with Crippen LogP contribution >= 0.6 is 0 Å². The number of likely N-dealkylation sites (tertiary alicyclic amines) is 1. The molecule has 0 atom stereocenters. The number of rotatable bonds is 5. The van der Waals surface area contributed by atoms with Crippen LogP contribution in [-0.2, 0) is 11.3 Å². The number of aryl methyl sites for hydroxylation is 3. The SMILES string of the molecule is COc1cc(/C=C2\CCCN(Cc3cc(C)cnc3C)C2=O)ccc1-n1cnc(C)c1. The highest BCUT2D eigenvalue weighted by Crippen LogP contribution is 2.28. The highest BCUT2D eigenvalue weighted by molar-refractivity contribution is 5.98. The van der Waals surface area contributed by atoms with Gasteiger partial charge in [-0.1, -0.05) is 12.1 Å². The van der Waals surface area contributed by atoms with E-state index in [4.69, 9.17) is 4.74 Å². The molecule has 1 fully saturated rings. The molecular formula is C25H28N4O2. The van der Waals surface area contributed by atoms with Gasteiger partial charge >= 0.3 is 0 Å². The summed E-state index contributed by atoms with van der Waals surface area (Å²) in [7, 11) is 1.66. The van der Waals surface area contributed by atoms with Gasteiger partial charge in [0.25, 0.3) is 0 Å². The number of carbonyl (C=O) groups excluding carboxylic acids is 1. The van der Waals surface area contributed by atoms with E-state index in [1.807, 2.05) is 66.9 Å². The van der Waals surface area contributed by atoms with Crippen LogP contribution in [0.15, 0.2) is 48.6 Å². The second kappa shape index (κ2) is 8.76. The minimum absolute atomic E-state index is 0.0976. The van der Waals surface area contributed by atoms with Crippen LogP contribution in [0.4, 0.5) is 0 Å². The number of benzene rings is 1. The predicted molar refractivity (Wildman–Crippen MR) is 121 cm³/mol. The van der Waals surface area contributed by atoms with Crippen LogP contribution in [-0.4, -0.2) is 39.0 Å². The first kappa shape index (κ1) is 20.8. The third-order valence-electron chi connectivity index (χ3n) is 5.66. The van der Waals surface area contributed by atoms with E-state index in [0.717, 1.165) is 64.5 Å². The average molecular weight is 417 g/mol. The summed E-state index contributed by atoms with van der Waals surface area (Å²) in [5.41, 5.74) is 6.85. The number of pyridine rings is 1. The van der Waals surface area contributed by atoms with Crippen molar-refractivity contribution in [2.75, 3.05) is 13.7 Å². The molecule has 2 aromatic heterocycles. The van der Waals surface area contributed by atoms with Crippen molar-refractivity contribution in [2.24, 2.45) is 0 Å². The Morgan fingerprint density at radius 1 is 1.16 bits per heavy atom. The number of piperidine rings is 1. The third-order valence-corrected chi connectivity index (χ3v) is 5.66. The minimum Gasteiger partial charge on any atom is -0.495 e. The molecule has 0 unspecified atom stereocenters. The lowest BCUT2D eigenvalue weighted by Crippen LogP contribution is -2.36. The van der Waals surface area contributed by atoms with Crippen molar-refractivity contribution in [1.29, 1.82) is 0 Å². The van der Waals surface area contributed by atoms with Gasteiger partial charge in [-0.15, -0.1) is 0 Å². The summed E-state index contributed by atoms with van der Waals surface area (Å²) >= 11 is 0. The zero-order valence-electron chi connectivity index (χ0n) is 18.6. The zero-order chi connectivity index (χ0) is 22.0. The van der Waals surface area contributed by atoms with Crippen LogP contribution < -0.4 is 4.74 Å². The summed E-state index contributed by atoms with van der Waals surface area (Å²) in [5.74, 6) is 0.841. The smallest absolute Gasteiger partial charge is 0.250 e. The normalized spacial score (nSPS) is 15.5. The van der Waals surface area contributed by atoms with E-state index in [-0.39, 0.29) is 5.91 Å². The summed E-state index contributed by atoms with van der Waals surface area (Å²) in [6.07, 6.45) is 9.33. The topological polar surface area (TPSA) is 60.2 Å². The van der Waals surface area contributed by atoms with Crippen molar-refractivity contribution in [2.45, 2.75) is 40.2 Å². The van der Waals surface area contributed by atoms with Crippen molar-refractivity contribution >= 4 is 12.0 Å². The highest BCUT2D eigenvalue weighted by Gasteiger charge is 2.24. The lowest BCUT2D eigenvalue weighted by atomic mass is 9.99. The summed E-state index contributed by atoms with van der Waals surface area (Å²) in [6.45, 7) is 7.35. The molecule has 0 aliphatic carbocycles. The number of carbonyl (C=O) groups is 1. The summed E-state index contributed by atoms with van der Waals surface area (Å²) in [4.78, 5) is 23.8. The number of imidazole rings is 1. The number of methoxy groups -OCH3 is 1. The van der Waals surface area contributed by atoms with Crippen LogP contribution in [0.5, 0.6) is 5.75 Å². The molecule has 0 radical (unpaired) electrons. The van der Waals surface area contributed by atoms with Gasteiger partial charge < -0.3 is 14.2 Å². The number of ether oxygens (including phenoxy) is 1. The molecule has 0 N–H and O–H groups in total. The molecule has 1 aliphatic heterocycles. The van der Waals surface area contributed by atoms with Crippen LogP contribution in [0.2, 0.25) is 0 Å². The molecule has 0 saturated carbocycles. The summed E-state index contributed by atoms with van der Waals surface area (Å²) < 4.78 is 7.55. The van der Waals surface area contributed by atoms with Crippen LogP contribution in [0.3, 0.4) is 0 Å². The maximum Gasteiger partial charge on any atom is 0.250 e. The van der Waals surface area contributed by atoms with E-state index in [2.05, 4.69) is 16.0 Å². The Balaban J connectivity index is 1.58. The molecule has 1 saturated heterocycles. The third kappa shape index (κ3) is 4.53. The van der Waals surface area contributed by atoms with E-state index in [1.54, 1.807) is 13.4 Å². The fourth-order valence-electron chi connectivity index (χ4n) is 3.97. The monoisotopic (exact) mass is 416 g/mol. The van der Waals surface area contributed by atoms with Crippen molar-refractivity contribution in [3.8, 4) is 11.4 Å². The summed E-state index contributed by atoms with van der Waals surface area (Å²) in [5, 5.41) is 0. The van der Waals surface area contributed by atoms with E-state index in [1.165, 1.54) is 0 Å². The van der Waals surface area contributed by atoms with E-state index < -0.39 is 0 Å². The molecule has 6 heteroatoms. The van der Waals surface area contributed by atoms with Gasteiger partial charge in [-0.2, -0.15) is 0 Å². The number of hydrogen-bond donors (Lipinski definition) is 0. The highest BCUT2D eigenvalue weighted by atomic mass is 16.5. The van der Waals surface area contributed by atoms with E-state index in [0.29, 0.717) is 6.54 Å². The molecule has 1 aliphatic rings. The molecule has 31 heavy (non-hydrogen) atoms. The number of aromatic nitrogens is 3. The first-order chi connectivity index (χ1) is 14.9. The van der Waals surface area contributed by atoms with Crippen molar-refractivity contribution in [1.82, 2.24) is 19.4 Å². The number of hydrogen-bond acceptors (Lipinski definition) is 4. The summed E-state index contributed by atoms with van der Waals surface area (Å²) in [6, 6.07) is 8.10. The average Bonchev–Trinajstić information content (AvgIpc) is 3.19. The van der Waals surface area contributed by atoms with Gasteiger partial charge in [-0.25, -0.2) is 4.98 Å². The molecule has 3 heterocycles. The van der Waals surface area contributed by atoms with Crippen molar-refractivity contribution < 1.29 is 9.53 Å². The fraction of sp³-hybridized carbons (Fsp3) is 0.320. The van der Waals surface area contributed by atoms with Gasteiger partial charge in [0.1, 0.15) is 5.75 Å². The second-order valence-corrected chi connectivity index (χ2v) is 8.11. The molecular weight excluding hydrogens is 388 g/mol. The Morgan fingerprint density at radius 3 is 2.74 bits per heavy atom. The Morgan fingerprint density at radius 2 is 2.00 bits per heavy atom. The standard InChI is InChI=1S/C25H28N4O2/c1-17-10-22(19(3)26-13-17)15-28-9-5-6-21(25(28)30)11-20-7-8-23(24(12-20)31-4)29-14-18(2)27-16-29/h7-8,10-14,16H,5-6,9,15H2,1-4H3/b21-11+. The van der Waals surface area contributed by atoms with Crippen molar-refractivity contribution in [3.63, 3.8) is 0 Å². The van der Waals surface area contributed by atoms with E-state index >= 15 is 0 Å². The molecule has 160 valence electrons. The second-order valence-electron chi connectivity index (χ2n) is 8.11. The Labute approximate surface area is 183 Å². The van der Waals surface area contributed by atoms with Gasteiger partial charge in [0.15, 0.2) is 0 Å². The van der Waals surface area contributed by atoms with E-state index in [9.17, 15) is 4.79 Å². The lowest BCUT2D eigenvalue weighted by Gasteiger charge is -2.29. The van der Waals surface area contributed by atoms with Crippen LogP contribution in [0.25, 0.3) is 11.8 Å². The lowest BCUT2D eigenvalue weighted by molar-refractivity contribution is -0.129. The maximum absolute atomic E-state index is 13.2.